The molecule has 0 aliphatic carbocycles. The molecule has 0 heterocycles. The summed E-state index contributed by atoms with van der Waals surface area (Å²) in [6, 6.07) is 6.88. The Morgan fingerprint density at radius 3 is 2.37 bits per heavy atom. The third kappa shape index (κ3) is 6.87. The molecule has 0 aliphatic heterocycles. The maximum Gasteiger partial charge on any atom is 0.0897 e. The van der Waals surface area contributed by atoms with Crippen LogP contribution in [0.5, 0.6) is 0 Å². The van der Waals surface area contributed by atoms with E-state index < -0.39 is 12.1 Å². The van der Waals surface area contributed by atoms with Crippen molar-refractivity contribution in [3.05, 3.63) is 34.9 Å². The van der Waals surface area contributed by atoms with E-state index in [0.717, 1.165) is 5.56 Å². The average molecular weight is 290 g/mol. The van der Waals surface area contributed by atoms with Gasteiger partial charge in [-0.25, -0.2) is 0 Å². The lowest BCUT2D eigenvalue weighted by atomic mass is 10.2. The Kier molecular flexibility index (Phi) is 7.97. The number of aliphatic hydroxyl groups excluding tert-OH is 3. The van der Waals surface area contributed by atoms with Crippen molar-refractivity contribution in [1.82, 2.24) is 5.32 Å². The highest BCUT2D eigenvalue weighted by molar-refractivity contribution is 6.30. The van der Waals surface area contributed by atoms with E-state index in [1.54, 1.807) is 12.1 Å². The topological polar surface area (TPSA) is 82.0 Å². The van der Waals surface area contributed by atoms with Crippen molar-refractivity contribution in [3.8, 4) is 0 Å². The van der Waals surface area contributed by atoms with E-state index in [0.29, 0.717) is 11.6 Å². The quantitative estimate of drug-likeness (QED) is 0.521. The van der Waals surface area contributed by atoms with E-state index in [1.165, 1.54) is 0 Å². The van der Waals surface area contributed by atoms with Gasteiger partial charge in [0.15, 0.2) is 0 Å². The highest BCUT2D eigenvalue weighted by atomic mass is 35.5. The van der Waals surface area contributed by atoms with Crippen LogP contribution >= 0.6 is 11.6 Å². The Hall–Kier alpha value is -0.690. The lowest BCUT2D eigenvalue weighted by Crippen LogP contribution is -2.41. The zero-order valence-corrected chi connectivity index (χ0v) is 11.4. The zero-order valence-electron chi connectivity index (χ0n) is 10.6. The molecule has 1 aromatic carbocycles. The summed E-state index contributed by atoms with van der Waals surface area (Å²) < 4.78 is 5.36. The number of rotatable bonds is 9. The predicted octanol–water partition coefficient (Wildman–Crippen LogP) is 0.160. The fraction of sp³-hybridized carbons (Fsp3) is 0.538. The zero-order chi connectivity index (χ0) is 14.1. The lowest BCUT2D eigenvalue weighted by Gasteiger charge is -2.17. The van der Waals surface area contributed by atoms with E-state index in [1.807, 2.05) is 12.1 Å². The molecule has 6 heteroatoms. The Morgan fingerprint density at radius 1 is 1.16 bits per heavy atom. The Balaban J connectivity index is 2.16. The van der Waals surface area contributed by atoms with E-state index >= 15 is 0 Å². The summed E-state index contributed by atoms with van der Waals surface area (Å²) in [4.78, 5) is 0. The lowest BCUT2D eigenvalue weighted by molar-refractivity contribution is 0.0251. The first kappa shape index (κ1) is 16.4. The fourth-order valence-corrected chi connectivity index (χ4v) is 1.57. The maximum atomic E-state index is 9.64. The molecule has 0 aromatic heterocycles. The largest absolute Gasteiger partial charge is 0.395 e. The summed E-state index contributed by atoms with van der Waals surface area (Å²) in [5.41, 5.74) is 0.980. The molecule has 0 saturated heterocycles. The first-order valence-corrected chi connectivity index (χ1v) is 6.49. The van der Waals surface area contributed by atoms with E-state index in [2.05, 4.69) is 5.32 Å². The maximum absolute atomic E-state index is 9.64. The van der Waals surface area contributed by atoms with Crippen molar-refractivity contribution < 1.29 is 20.1 Å². The van der Waals surface area contributed by atoms with Gasteiger partial charge < -0.3 is 25.4 Å². The van der Waals surface area contributed by atoms with Gasteiger partial charge >= 0.3 is 0 Å². The summed E-state index contributed by atoms with van der Waals surface area (Å²) in [6.45, 7) is 0.493. The van der Waals surface area contributed by atoms with Gasteiger partial charge in [-0.15, -0.1) is 0 Å². The monoisotopic (exact) mass is 289 g/mol. The van der Waals surface area contributed by atoms with Gasteiger partial charge in [0, 0.05) is 11.6 Å². The summed E-state index contributed by atoms with van der Waals surface area (Å²) in [5.74, 6) is 0. The predicted molar refractivity (Wildman–Crippen MR) is 73.1 cm³/mol. The molecule has 19 heavy (non-hydrogen) atoms. The third-order valence-electron chi connectivity index (χ3n) is 2.58. The second-order valence-electron chi connectivity index (χ2n) is 4.27. The van der Waals surface area contributed by atoms with E-state index in [9.17, 15) is 5.11 Å². The number of benzene rings is 1. The van der Waals surface area contributed by atoms with Crippen molar-refractivity contribution in [1.29, 1.82) is 0 Å². The van der Waals surface area contributed by atoms with Crippen molar-refractivity contribution >= 4 is 11.6 Å². The second kappa shape index (κ2) is 9.25. The van der Waals surface area contributed by atoms with Crippen LogP contribution in [0, 0.1) is 0 Å². The van der Waals surface area contributed by atoms with Crippen LogP contribution in [0.3, 0.4) is 0 Å². The first-order chi connectivity index (χ1) is 9.15. The minimum Gasteiger partial charge on any atom is -0.395 e. The van der Waals surface area contributed by atoms with Gasteiger partial charge in [0.05, 0.1) is 38.6 Å². The molecule has 0 radical (unpaired) electrons. The molecule has 0 fully saturated rings. The molecule has 1 aromatic rings. The van der Waals surface area contributed by atoms with Gasteiger partial charge in [-0.05, 0) is 17.7 Å². The van der Waals surface area contributed by atoms with Gasteiger partial charge in [0.1, 0.15) is 0 Å². The van der Waals surface area contributed by atoms with Crippen LogP contribution in [0.25, 0.3) is 0 Å². The Morgan fingerprint density at radius 2 is 1.79 bits per heavy atom. The van der Waals surface area contributed by atoms with Gasteiger partial charge in [-0.3, -0.25) is 0 Å². The summed E-state index contributed by atoms with van der Waals surface area (Å²) in [5, 5.41) is 30.8. The minimum atomic E-state index is -0.687. The number of ether oxygens (including phenoxy) is 1. The normalized spacial score (nSPS) is 12.9. The van der Waals surface area contributed by atoms with E-state index in [-0.39, 0.29) is 26.4 Å². The van der Waals surface area contributed by atoms with Crippen LogP contribution in [0.4, 0.5) is 0 Å². The van der Waals surface area contributed by atoms with Gasteiger partial charge in [0.2, 0.25) is 0 Å². The molecule has 0 spiro atoms. The molecule has 0 aliphatic rings. The molecular formula is C13H20ClNO4. The first-order valence-electron chi connectivity index (χ1n) is 6.11. The fourth-order valence-electron chi connectivity index (χ4n) is 1.44. The van der Waals surface area contributed by atoms with Crippen LogP contribution in [-0.4, -0.2) is 53.8 Å². The molecule has 1 unspecified atom stereocenters. The number of hydrogen-bond donors (Lipinski definition) is 4. The van der Waals surface area contributed by atoms with Crippen molar-refractivity contribution in [2.45, 2.75) is 18.8 Å². The molecule has 5 nitrogen and oxygen atoms in total. The van der Waals surface area contributed by atoms with Crippen LogP contribution in [0.2, 0.25) is 5.02 Å². The van der Waals surface area contributed by atoms with Crippen LogP contribution in [-0.2, 0) is 11.3 Å². The van der Waals surface area contributed by atoms with Crippen LogP contribution < -0.4 is 5.32 Å². The number of halogens is 1. The molecule has 4 N–H and O–H groups in total. The van der Waals surface area contributed by atoms with Crippen molar-refractivity contribution in [3.63, 3.8) is 0 Å². The summed E-state index contributed by atoms with van der Waals surface area (Å²) in [7, 11) is 0. The molecule has 1 rings (SSSR count). The van der Waals surface area contributed by atoms with Gasteiger partial charge in [0.25, 0.3) is 0 Å². The molecular weight excluding hydrogens is 270 g/mol. The van der Waals surface area contributed by atoms with Crippen molar-refractivity contribution in [2.24, 2.45) is 0 Å². The Labute approximate surface area is 117 Å². The Bertz CT molecular complexity index is 343. The number of aliphatic hydroxyl groups is 3. The number of hydrogen-bond acceptors (Lipinski definition) is 5. The van der Waals surface area contributed by atoms with Crippen LogP contribution in [0.15, 0.2) is 24.3 Å². The van der Waals surface area contributed by atoms with Gasteiger partial charge in [-0.2, -0.15) is 0 Å². The SMILES string of the molecule is OCC(CO)NCC(O)COCc1ccc(Cl)cc1. The van der Waals surface area contributed by atoms with Crippen molar-refractivity contribution in [2.75, 3.05) is 26.4 Å². The second-order valence-corrected chi connectivity index (χ2v) is 4.70. The van der Waals surface area contributed by atoms with Gasteiger partial charge in [-0.1, -0.05) is 23.7 Å². The highest BCUT2D eigenvalue weighted by Crippen LogP contribution is 2.10. The molecule has 1 atom stereocenters. The summed E-state index contributed by atoms with van der Waals surface area (Å²) in [6.07, 6.45) is -0.687. The standard InChI is InChI=1S/C13H20ClNO4/c14-11-3-1-10(2-4-11)8-19-9-13(18)5-15-12(6-16)7-17/h1-4,12-13,15-18H,5-9H2. The minimum absolute atomic E-state index is 0.172. The van der Waals surface area contributed by atoms with E-state index in [4.69, 9.17) is 26.6 Å². The molecule has 0 amide bonds. The average Bonchev–Trinajstić information content (AvgIpc) is 2.42. The molecule has 0 saturated carbocycles. The van der Waals surface area contributed by atoms with Crippen LogP contribution in [0.1, 0.15) is 5.56 Å². The third-order valence-corrected chi connectivity index (χ3v) is 2.83. The highest BCUT2D eigenvalue weighted by Gasteiger charge is 2.09. The molecule has 108 valence electrons. The number of nitrogens with one attached hydrogen (secondary N) is 1. The smallest absolute Gasteiger partial charge is 0.0897 e. The molecule has 0 bridgehead atoms. The summed E-state index contributed by atoms with van der Waals surface area (Å²) >= 11 is 5.76.